The molecule has 19 heavy (non-hydrogen) atoms. The summed E-state index contributed by atoms with van der Waals surface area (Å²) in [6, 6.07) is 0.498. The second-order valence-electron chi connectivity index (χ2n) is 6.40. The van der Waals surface area contributed by atoms with Crippen molar-refractivity contribution in [3.05, 3.63) is 0 Å². The van der Waals surface area contributed by atoms with Crippen molar-refractivity contribution in [3.63, 3.8) is 0 Å². The van der Waals surface area contributed by atoms with E-state index in [-0.39, 0.29) is 0 Å². The van der Waals surface area contributed by atoms with Crippen molar-refractivity contribution < 1.29 is 0 Å². The summed E-state index contributed by atoms with van der Waals surface area (Å²) in [7, 11) is 0. The van der Waals surface area contributed by atoms with Gasteiger partial charge in [-0.25, -0.2) is 0 Å². The van der Waals surface area contributed by atoms with Crippen LogP contribution >= 0.6 is 0 Å². The summed E-state index contributed by atoms with van der Waals surface area (Å²) in [6.07, 6.45) is 3.77. The van der Waals surface area contributed by atoms with E-state index in [0.717, 1.165) is 25.4 Å². The van der Waals surface area contributed by atoms with Gasteiger partial charge in [-0.1, -0.05) is 20.8 Å². The normalized spacial score (nSPS) is 20.8. The van der Waals surface area contributed by atoms with Crippen molar-refractivity contribution in [1.29, 1.82) is 0 Å². The molecule has 3 N–H and O–H groups in total. The van der Waals surface area contributed by atoms with Crippen LogP contribution < -0.4 is 11.1 Å². The summed E-state index contributed by atoms with van der Waals surface area (Å²) in [4.78, 5) is 6.99. The van der Waals surface area contributed by atoms with Crippen molar-refractivity contribution in [2.24, 2.45) is 22.6 Å². The maximum absolute atomic E-state index is 5.88. The SMILES string of the molecule is CC(C)CCNC(N)=NCC(C)N1CCC(C)CC1. The average molecular weight is 268 g/mol. The number of piperidine rings is 1. The quantitative estimate of drug-likeness (QED) is 0.573. The molecule has 1 fully saturated rings. The van der Waals surface area contributed by atoms with E-state index in [1.54, 1.807) is 0 Å². The Kier molecular flexibility index (Phi) is 7.21. The highest BCUT2D eigenvalue weighted by Gasteiger charge is 2.19. The smallest absolute Gasteiger partial charge is 0.188 e. The van der Waals surface area contributed by atoms with E-state index in [1.807, 2.05) is 0 Å². The lowest BCUT2D eigenvalue weighted by molar-refractivity contribution is 0.150. The number of likely N-dealkylation sites (tertiary alicyclic amines) is 1. The van der Waals surface area contributed by atoms with E-state index < -0.39 is 0 Å². The van der Waals surface area contributed by atoms with Crippen LogP contribution in [0.2, 0.25) is 0 Å². The molecule has 1 heterocycles. The monoisotopic (exact) mass is 268 g/mol. The van der Waals surface area contributed by atoms with Gasteiger partial charge < -0.3 is 11.1 Å². The zero-order valence-electron chi connectivity index (χ0n) is 13.2. The molecule has 0 aromatic rings. The molecule has 0 saturated carbocycles. The molecule has 0 amide bonds. The van der Waals surface area contributed by atoms with Gasteiger partial charge in [0, 0.05) is 12.6 Å². The average Bonchev–Trinajstić information content (AvgIpc) is 2.36. The fourth-order valence-corrected chi connectivity index (χ4v) is 2.36. The number of hydrogen-bond donors (Lipinski definition) is 2. The number of nitrogens with zero attached hydrogens (tertiary/aromatic N) is 2. The van der Waals surface area contributed by atoms with E-state index in [0.29, 0.717) is 17.9 Å². The van der Waals surface area contributed by atoms with Gasteiger partial charge in [-0.15, -0.1) is 0 Å². The Balaban J connectivity index is 2.22. The highest BCUT2D eigenvalue weighted by Crippen LogP contribution is 2.17. The summed E-state index contributed by atoms with van der Waals surface area (Å²) in [6.45, 7) is 13.2. The van der Waals surface area contributed by atoms with Crippen molar-refractivity contribution in [3.8, 4) is 0 Å². The van der Waals surface area contributed by atoms with Gasteiger partial charge in [-0.2, -0.15) is 0 Å². The predicted molar refractivity (Wildman–Crippen MR) is 83.4 cm³/mol. The maximum Gasteiger partial charge on any atom is 0.188 e. The van der Waals surface area contributed by atoms with Gasteiger partial charge in [-0.3, -0.25) is 9.89 Å². The molecule has 0 bridgehead atoms. The van der Waals surface area contributed by atoms with Gasteiger partial charge in [0.1, 0.15) is 0 Å². The summed E-state index contributed by atoms with van der Waals surface area (Å²) in [5.41, 5.74) is 5.88. The first-order valence-electron chi connectivity index (χ1n) is 7.77. The minimum atomic E-state index is 0.498. The molecule has 1 aliphatic rings. The fourth-order valence-electron chi connectivity index (χ4n) is 2.36. The minimum Gasteiger partial charge on any atom is -0.370 e. The number of nitrogens with one attached hydrogen (secondary N) is 1. The first kappa shape index (κ1) is 16.3. The molecule has 0 aromatic heterocycles. The number of nitrogens with two attached hydrogens (primary N) is 1. The molecule has 112 valence electrons. The Morgan fingerprint density at radius 3 is 2.53 bits per heavy atom. The molecule has 1 aliphatic heterocycles. The predicted octanol–water partition coefficient (Wildman–Crippen LogP) is 2.06. The molecule has 1 saturated heterocycles. The van der Waals surface area contributed by atoms with Crippen molar-refractivity contribution >= 4 is 5.96 Å². The van der Waals surface area contributed by atoms with Crippen molar-refractivity contribution in [2.45, 2.75) is 53.0 Å². The Morgan fingerprint density at radius 1 is 1.32 bits per heavy atom. The van der Waals surface area contributed by atoms with Crippen LogP contribution in [-0.2, 0) is 0 Å². The lowest BCUT2D eigenvalue weighted by atomic mass is 9.98. The van der Waals surface area contributed by atoms with Crippen LogP contribution in [0.5, 0.6) is 0 Å². The molecule has 0 spiro atoms. The topological polar surface area (TPSA) is 53.6 Å². The number of rotatable bonds is 6. The third-order valence-corrected chi connectivity index (χ3v) is 4.00. The standard InChI is InChI=1S/C15H32N4/c1-12(2)5-8-17-15(16)18-11-14(4)19-9-6-13(3)7-10-19/h12-14H,5-11H2,1-4H3,(H3,16,17,18). The lowest BCUT2D eigenvalue weighted by Gasteiger charge is -2.34. The van der Waals surface area contributed by atoms with Crippen LogP contribution in [0.4, 0.5) is 0 Å². The minimum absolute atomic E-state index is 0.498. The summed E-state index contributed by atoms with van der Waals surface area (Å²) >= 11 is 0. The van der Waals surface area contributed by atoms with Gasteiger partial charge in [0.05, 0.1) is 6.54 Å². The molecule has 4 nitrogen and oxygen atoms in total. The van der Waals surface area contributed by atoms with Gasteiger partial charge in [0.15, 0.2) is 5.96 Å². The molecular formula is C15H32N4. The van der Waals surface area contributed by atoms with E-state index in [1.165, 1.54) is 25.9 Å². The van der Waals surface area contributed by atoms with Crippen LogP contribution in [0.1, 0.15) is 47.0 Å². The van der Waals surface area contributed by atoms with E-state index in [2.05, 4.69) is 42.9 Å². The third-order valence-electron chi connectivity index (χ3n) is 4.00. The van der Waals surface area contributed by atoms with E-state index in [4.69, 9.17) is 5.73 Å². The van der Waals surface area contributed by atoms with Gasteiger partial charge in [0.25, 0.3) is 0 Å². The fraction of sp³-hybridized carbons (Fsp3) is 0.933. The van der Waals surface area contributed by atoms with Gasteiger partial charge >= 0.3 is 0 Å². The van der Waals surface area contributed by atoms with Crippen LogP contribution in [-0.4, -0.2) is 43.1 Å². The van der Waals surface area contributed by atoms with E-state index >= 15 is 0 Å². The van der Waals surface area contributed by atoms with Crippen LogP contribution in [0, 0.1) is 11.8 Å². The zero-order chi connectivity index (χ0) is 14.3. The highest BCUT2D eigenvalue weighted by atomic mass is 15.2. The largest absolute Gasteiger partial charge is 0.370 e. The second-order valence-corrected chi connectivity index (χ2v) is 6.40. The molecular weight excluding hydrogens is 236 g/mol. The Morgan fingerprint density at radius 2 is 1.95 bits per heavy atom. The zero-order valence-corrected chi connectivity index (χ0v) is 13.2. The molecule has 0 aliphatic carbocycles. The van der Waals surface area contributed by atoms with Gasteiger partial charge in [-0.05, 0) is 51.1 Å². The van der Waals surface area contributed by atoms with Crippen LogP contribution in [0.15, 0.2) is 4.99 Å². The number of guanidine groups is 1. The lowest BCUT2D eigenvalue weighted by Crippen LogP contribution is -2.42. The van der Waals surface area contributed by atoms with E-state index in [9.17, 15) is 0 Å². The highest BCUT2D eigenvalue weighted by molar-refractivity contribution is 5.77. The molecule has 1 unspecified atom stereocenters. The number of aliphatic imine (C=N–C) groups is 1. The number of hydrogen-bond acceptors (Lipinski definition) is 2. The molecule has 4 heteroatoms. The second kappa shape index (κ2) is 8.41. The van der Waals surface area contributed by atoms with Gasteiger partial charge in [0.2, 0.25) is 0 Å². The van der Waals surface area contributed by atoms with Crippen LogP contribution in [0.25, 0.3) is 0 Å². The summed E-state index contributed by atoms with van der Waals surface area (Å²) < 4.78 is 0. The molecule has 0 radical (unpaired) electrons. The molecule has 1 rings (SSSR count). The Hall–Kier alpha value is -0.770. The Bertz CT molecular complexity index is 267. The Labute approximate surface area is 118 Å². The van der Waals surface area contributed by atoms with Crippen LogP contribution in [0.3, 0.4) is 0 Å². The third kappa shape index (κ3) is 6.81. The van der Waals surface area contributed by atoms with Crippen molar-refractivity contribution in [2.75, 3.05) is 26.2 Å². The first-order chi connectivity index (χ1) is 8.99. The molecule has 1 atom stereocenters. The van der Waals surface area contributed by atoms with Crippen molar-refractivity contribution in [1.82, 2.24) is 10.2 Å². The summed E-state index contributed by atoms with van der Waals surface area (Å²) in [5.74, 6) is 2.18. The molecule has 0 aromatic carbocycles. The summed E-state index contributed by atoms with van der Waals surface area (Å²) in [5, 5.41) is 3.19. The first-order valence-corrected chi connectivity index (χ1v) is 7.77. The maximum atomic E-state index is 5.88.